The van der Waals surface area contributed by atoms with Crippen molar-refractivity contribution in [3.8, 4) is 22.6 Å². The summed E-state index contributed by atoms with van der Waals surface area (Å²) in [6.07, 6.45) is 12.0. The molecule has 2 N–H and O–H groups in total. The molecule has 0 radical (unpaired) electrons. The first-order chi connectivity index (χ1) is 23.4. The zero-order chi connectivity index (χ0) is 34.1. The number of aryl methyl sites for hydroxylation is 2. The van der Waals surface area contributed by atoms with E-state index in [1.165, 1.54) is 51.4 Å². The van der Waals surface area contributed by atoms with Crippen LogP contribution in [0.5, 0.6) is 11.5 Å². The van der Waals surface area contributed by atoms with Gasteiger partial charge in [0.1, 0.15) is 11.5 Å². The van der Waals surface area contributed by atoms with Crippen molar-refractivity contribution < 1.29 is 19.1 Å². The van der Waals surface area contributed by atoms with Gasteiger partial charge in [-0.3, -0.25) is 9.59 Å². The second kappa shape index (κ2) is 19.3. The molecule has 0 bridgehead atoms. The van der Waals surface area contributed by atoms with E-state index in [-0.39, 0.29) is 11.8 Å². The average Bonchev–Trinajstić information content (AvgIpc) is 3.10. The fourth-order valence-electron chi connectivity index (χ4n) is 5.55. The van der Waals surface area contributed by atoms with Crippen LogP contribution in [-0.2, 0) is 0 Å². The molecule has 4 rings (SSSR count). The molecule has 2 amide bonds. The summed E-state index contributed by atoms with van der Waals surface area (Å²) in [5, 5.41) is 6.08. The molecule has 0 aromatic heterocycles. The Morgan fingerprint density at radius 1 is 0.500 bits per heavy atom. The van der Waals surface area contributed by atoms with Gasteiger partial charge in [-0.1, -0.05) is 77.3 Å². The molecule has 4 aromatic rings. The molecule has 0 heterocycles. The summed E-state index contributed by atoms with van der Waals surface area (Å²) < 4.78 is 11.7. The van der Waals surface area contributed by atoms with Crippen molar-refractivity contribution in [1.82, 2.24) is 0 Å². The van der Waals surface area contributed by atoms with E-state index in [0.29, 0.717) is 24.3 Å². The SMILES string of the molecule is CCCCCCCOc1ccc(C(=O)Nc2ccc(-c3ccc(NC(=O)c4ccc(OCCCCCCC)cc4)c(C)c3)cc2C)cc1. The first kappa shape index (κ1) is 36.3. The van der Waals surface area contributed by atoms with Crippen molar-refractivity contribution in [2.75, 3.05) is 23.8 Å². The average molecular weight is 649 g/mol. The van der Waals surface area contributed by atoms with Crippen LogP contribution in [0, 0.1) is 13.8 Å². The van der Waals surface area contributed by atoms with Gasteiger partial charge in [0.25, 0.3) is 11.8 Å². The zero-order valence-electron chi connectivity index (χ0n) is 29.2. The maximum absolute atomic E-state index is 13.0. The number of carbonyl (C=O) groups excluding carboxylic acids is 2. The number of hydrogen-bond acceptors (Lipinski definition) is 4. The van der Waals surface area contributed by atoms with Crippen LogP contribution in [-0.4, -0.2) is 25.0 Å². The van der Waals surface area contributed by atoms with Gasteiger partial charge < -0.3 is 20.1 Å². The highest BCUT2D eigenvalue weighted by Crippen LogP contribution is 2.29. The van der Waals surface area contributed by atoms with Gasteiger partial charge in [0.05, 0.1) is 13.2 Å². The molecule has 0 aliphatic rings. The lowest BCUT2D eigenvalue weighted by molar-refractivity contribution is 0.101. The van der Waals surface area contributed by atoms with Gasteiger partial charge in [-0.05, 0) is 122 Å². The second-order valence-electron chi connectivity index (χ2n) is 12.5. The smallest absolute Gasteiger partial charge is 0.255 e. The fourth-order valence-corrected chi connectivity index (χ4v) is 5.55. The molecule has 0 saturated carbocycles. The largest absolute Gasteiger partial charge is 0.494 e. The van der Waals surface area contributed by atoms with Gasteiger partial charge >= 0.3 is 0 Å². The summed E-state index contributed by atoms with van der Waals surface area (Å²) in [6.45, 7) is 9.79. The van der Waals surface area contributed by atoms with Crippen LogP contribution in [0.15, 0.2) is 84.9 Å². The molecule has 0 aliphatic carbocycles. The lowest BCUT2D eigenvalue weighted by Crippen LogP contribution is -2.13. The first-order valence-electron chi connectivity index (χ1n) is 17.7. The van der Waals surface area contributed by atoms with Crippen molar-refractivity contribution in [3.63, 3.8) is 0 Å². The molecular formula is C42H52N2O4. The highest BCUT2D eigenvalue weighted by atomic mass is 16.5. The molecule has 4 aromatic carbocycles. The number of unbranched alkanes of at least 4 members (excludes halogenated alkanes) is 8. The minimum atomic E-state index is -0.159. The third-order valence-corrected chi connectivity index (χ3v) is 8.55. The number of ether oxygens (including phenoxy) is 2. The third kappa shape index (κ3) is 11.3. The van der Waals surface area contributed by atoms with Gasteiger partial charge in [0.15, 0.2) is 0 Å². The molecule has 0 spiro atoms. The van der Waals surface area contributed by atoms with E-state index in [4.69, 9.17) is 9.47 Å². The van der Waals surface area contributed by atoms with Gasteiger partial charge in [-0.2, -0.15) is 0 Å². The predicted octanol–water partition coefficient (Wildman–Crippen LogP) is 11.2. The molecule has 6 nitrogen and oxygen atoms in total. The monoisotopic (exact) mass is 648 g/mol. The molecular weight excluding hydrogens is 596 g/mol. The Kier molecular flexibility index (Phi) is 14.6. The van der Waals surface area contributed by atoms with Crippen molar-refractivity contribution in [2.45, 2.75) is 91.9 Å². The molecule has 0 atom stereocenters. The number of amides is 2. The summed E-state index contributed by atoms with van der Waals surface area (Å²) in [5.74, 6) is 1.25. The van der Waals surface area contributed by atoms with E-state index in [1.807, 2.05) is 62.4 Å². The molecule has 48 heavy (non-hydrogen) atoms. The maximum Gasteiger partial charge on any atom is 0.255 e. The normalized spacial score (nSPS) is 10.8. The number of hydrogen-bond donors (Lipinski definition) is 2. The Balaban J connectivity index is 1.28. The lowest BCUT2D eigenvalue weighted by Gasteiger charge is -2.13. The molecule has 0 fully saturated rings. The molecule has 0 unspecified atom stereocenters. The topological polar surface area (TPSA) is 76.7 Å². The van der Waals surface area contributed by atoms with Crippen LogP contribution in [0.3, 0.4) is 0 Å². The Morgan fingerprint density at radius 2 is 0.875 bits per heavy atom. The maximum atomic E-state index is 13.0. The van der Waals surface area contributed by atoms with Crippen molar-refractivity contribution >= 4 is 23.2 Å². The minimum absolute atomic E-state index is 0.159. The van der Waals surface area contributed by atoms with Crippen molar-refractivity contribution in [2.24, 2.45) is 0 Å². The Hall–Kier alpha value is -4.58. The summed E-state index contributed by atoms with van der Waals surface area (Å²) in [6, 6.07) is 26.6. The fraction of sp³-hybridized carbons (Fsp3) is 0.381. The predicted molar refractivity (Wildman–Crippen MR) is 199 cm³/mol. The van der Waals surface area contributed by atoms with E-state index in [9.17, 15) is 9.59 Å². The lowest BCUT2D eigenvalue weighted by atomic mass is 9.99. The van der Waals surface area contributed by atoms with Crippen LogP contribution in [0.25, 0.3) is 11.1 Å². The van der Waals surface area contributed by atoms with Gasteiger partial charge in [-0.25, -0.2) is 0 Å². The highest BCUT2D eigenvalue weighted by molar-refractivity contribution is 6.05. The number of nitrogens with one attached hydrogen (secondary N) is 2. The number of anilines is 2. The van der Waals surface area contributed by atoms with E-state index in [2.05, 4.69) is 36.6 Å². The van der Waals surface area contributed by atoms with E-state index in [0.717, 1.165) is 58.0 Å². The standard InChI is InChI=1S/C42H52N2O4/c1-5-7-9-11-13-27-47-37-21-15-33(16-22-37)41(45)43-39-25-19-35(29-31(39)3)36-20-26-40(32(4)30-36)44-42(46)34-17-23-38(24-18-34)48-28-14-12-10-8-6-2/h15-26,29-30H,5-14,27-28H2,1-4H3,(H,43,45)(H,44,46). The summed E-state index contributed by atoms with van der Waals surface area (Å²) in [7, 11) is 0. The number of carbonyl (C=O) groups is 2. The van der Waals surface area contributed by atoms with E-state index >= 15 is 0 Å². The molecule has 0 aliphatic heterocycles. The highest BCUT2D eigenvalue weighted by Gasteiger charge is 2.12. The third-order valence-electron chi connectivity index (χ3n) is 8.55. The van der Waals surface area contributed by atoms with Crippen LogP contribution in [0.2, 0.25) is 0 Å². The molecule has 6 heteroatoms. The number of rotatable bonds is 19. The van der Waals surface area contributed by atoms with Crippen LogP contribution in [0.4, 0.5) is 11.4 Å². The van der Waals surface area contributed by atoms with Crippen LogP contribution in [0.1, 0.15) is 110 Å². The summed E-state index contributed by atoms with van der Waals surface area (Å²) >= 11 is 0. The van der Waals surface area contributed by atoms with Crippen LogP contribution >= 0.6 is 0 Å². The second-order valence-corrected chi connectivity index (χ2v) is 12.5. The van der Waals surface area contributed by atoms with E-state index < -0.39 is 0 Å². The Labute approximate surface area is 287 Å². The zero-order valence-corrected chi connectivity index (χ0v) is 29.2. The molecule has 0 saturated heterocycles. The van der Waals surface area contributed by atoms with Crippen molar-refractivity contribution in [3.05, 3.63) is 107 Å². The first-order valence-corrected chi connectivity index (χ1v) is 17.7. The van der Waals surface area contributed by atoms with Gasteiger partial charge in [0, 0.05) is 22.5 Å². The quantitative estimate of drug-likeness (QED) is 0.0992. The minimum Gasteiger partial charge on any atom is -0.494 e. The van der Waals surface area contributed by atoms with Crippen molar-refractivity contribution in [1.29, 1.82) is 0 Å². The van der Waals surface area contributed by atoms with Crippen LogP contribution < -0.4 is 20.1 Å². The van der Waals surface area contributed by atoms with Gasteiger partial charge in [0.2, 0.25) is 0 Å². The Bertz CT molecular complexity index is 1470. The Morgan fingerprint density at radius 3 is 1.23 bits per heavy atom. The molecule has 254 valence electrons. The summed E-state index contributed by atoms with van der Waals surface area (Å²) in [5.41, 5.74) is 6.68. The van der Waals surface area contributed by atoms with Gasteiger partial charge in [-0.15, -0.1) is 0 Å². The number of benzene rings is 4. The summed E-state index contributed by atoms with van der Waals surface area (Å²) in [4.78, 5) is 25.9. The van der Waals surface area contributed by atoms with E-state index in [1.54, 1.807) is 24.3 Å².